The molecular formula is C16H12BrCl2N3O. The van der Waals surface area contributed by atoms with Crippen LogP contribution in [0.5, 0.6) is 0 Å². The van der Waals surface area contributed by atoms with Crippen LogP contribution in [0.1, 0.15) is 16.1 Å². The first-order valence-corrected chi connectivity index (χ1v) is 8.44. The van der Waals surface area contributed by atoms with Crippen molar-refractivity contribution < 1.29 is 4.79 Å². The fraction of sp³-hybridized carbons (Fsp3) is 0.125. The van der Waals surface area contributed by atoms with Gasteiger partial charge in [0.15, 0.2) is 5.65 Å². The fourth-order valence-corrected chi connectivity index (χ4v) is 3.16. The van der Waals surface area contributed by atoms with Crippen LogP contribution in [-0.2, 0) is 6.42 Å². The van der Waals surface area contributed by atoms with Crippen LogP contribution in [0.4, 0.5) is 0 Å². The molecule has 3 rings (SSSR count). The van der Waals surface area contributed by atoms with E-state index < -0.39 is 0 Å². The molecule has 0 aliphatic carbocycles. The van der Waals surface area contributed by atoms with Crippen molar-refractivity contribution in [2.24, 2.45) is 0 Å². The lowest BCUT2D eigenvalue weighted by Gasteiger charge is -2.04. The van der Waals surface area contributed by atoms with Gasteiger partial charge in [-0.05, 0) is 24.3 Å². The highest BCUT2D eigenvalue weighted by atomic mass is 79.9. The van der Waals surface area contributed by atoms with Crippen LogP contribution in [-0.4, -0.2) is 21.8 Å². The lowest BCUT2D eigenvalue weighted by Crippen LogP contribution is -2.25. The van der Waals surface area contributed by atoms with Gasteiger partial charge in [0.1, 0.15) is 0 Å². The number of halogens is 3. The molecule has 0 aliphatic heterocycles. The van der Waals surface area contributed by atoms with E-state index in [9.17, 15) is 4.79 Å². The van der Waals surface area contributed by atoms with Gasteiger partial charge in [-0.2, -0.15) is 0 Å². The van der Waals surface area contributed by atoms with Crippen molar-refractivity contribution in [2.75, 3.05) is 6.54 Å². The molecule has 0 radical (unpaired) electrons. The number of aromatic nitrogens is 2. The summed E-state index contributed by atoms with van der Waals surface area (Å²) >= 11 is 15.4. The van der Waals surface area contributed by atoms with E-state index in [1.165, 1.54) is 0 Å². The molecule has 0 saturated carbocycles. The highest BCUT2D eigenvalue weighted by molar-refractivity contribution is 9.10. The minimum Gasteiger partial charge on any atom is -0.352 e. The predicted molar refractivity (Wildman–Crippen MR) is 95.4 cm³/mol. The Labute approximate surface area is 151 Å². The molecule has 2 aromatic heterocycles. The molecule has 7 heteroatoms. The topological polar surface area (TPSA) is 46.4 Å². The second-order valence-electron chi connectivity index (χ2n) is 4.99. The summed E-state index contributed by atoms with van der Waals surface area (Å²) in [6, 6.07) is 8.91. The van der Waals surface area contributed by atoms with E-state index in [4.69, 9.17) is 23.2 Å². The number of hydrogen-bond acceptors (Lipinski definition) is 2. The standard InChI is InChI=1S/C16H12BrCl2N3O/c17-11-3-1-2-10(6-11)16(23)20-5-4-13-9-22-8-12(18)7-14(19)15(22)21-13/h1-3,6-9H,4-5H2,(H,20,23). The molecule has 1 N–H and O–H groups in total. The first-order chi connectivity index (χ1) is 11.0. The van der Waals surface area contributed by atoms with Crippen LogP contribution in [0.25, 0.3) is 5.65 Å². The fourth-order valence-electron chi connectivity index (χ4n) is 2.23. The number of fused-ring (bicyclic) bond motifs is 1. The van der Waals surface area contributed by atoms with Crippen molar-refractivity contribution in [1.29, 1.82) is 0 Å². The number of pyridine rings is 1. The number of benzene rings is 1. The Bertz CT molecular complexity index is 879. The average molecular weight is 413 g/mol. The van der Waals surface area contributed by atoms with Gasteiger partial charge in [-0.3, -0.25) is 4.79 Å². The largest absolute Gasteiger partial charge is 0.352 e. The lowest BCUT2D eigenvalue weighted by molar-refractivity contribution is 0.0954. The summed E-state index contributed by atoms with van der Waals surface area (Å²) in [5, 5.41) is 3.93. The van der Waals surface area contributed by atoms with E-state index in [-0.39, 0.29) is 5.91 Å². The van der Waals surface area contributed by atoms with E-state index >= 15 is 0 Å². The first-order valence-electron chi connectivity index (χ1n) is 6.89. The van der Waals surface area contributed by atoms with Crippen molar-refractivity contribution in [2.45, 2.75) is 6.42 Å². The van der Waals surface area contributed by atoms with Gasteiger partial charge in [-0.15, -0.1) is 0 Å². The summed E-state index contributed by atoms with van der Waals surface area (Å²) < 4.78 is 2.66. The maximum Gasteiger partial charge on any atom is 0.251 e. The third kappa shape index (κ3) is 3.86. The zero-order valence-electron chi connectivity index (χ0n) is 11.9. The van der Waals surface area contributed by atoms with Crippen molar-refractivity contribution in [3.63, 3.8) is 0 Å². The Hall–Kier alpha value is -1.56. The Morgan fingerprint density at radius 1 is 1.26 bits per heavy atom. The molecular weight excluding hydrogens is 401 g/mol. The van der Waals surface area contributed by atoms with Gasteiger partial charge in [-0.1, -0.05) is 45.2 Å². The number of nitrogens with one attached hydrogen (secondary N) is 1. The van der Waals surface area contributed by atoms with Crippen molar-refractivity contribution in [3.8, 4) is 0 Å². The van der Waals surface area contributed by atoms with E-state index in [2.05, 4.69) is 26.2 Å². The Kier molecular flexibility index (Phi) is 4.90. The third-order valence-electron chi connectivity index (χ3n) is 3.28. The molecule has 118 valence electrons. The molecule has 23 heavy (non-hydrogen) atoms. The van der Waals surface area contributed by atoms with Gasteiger partial charge in [0.25, 0.3) is 5.91 Å². The molecule has 0 aliphatic rings. The second-order valence-corrected chi connectivity index (χ2v) is 6.74. The quantitative estimate of drug-likeness (QED) is 0.691. The number of imidazole rings is 1. The minimum atomic E-state index is -0.115. The Morgan fingerprint density at radius 3 is 2.87 bits per heavy atom. The van der Waals surface area contributed by atoms with Gasteiger partial charge >= 0.3 is 0 Å². The van der Waals surface area contributed by atoms with Crippen LogP contribution < -0.4 is 5.32 Å². The molecule has 0 fully saturated rings. The van der Waals surface area contributed by atoms with Crippen LogP contribution in [0.3, 0.4) is 0 Å². The molecule has 2 heterocycles. The summed E-state index contributed by atoms with van der Waals surface area (Å²) in [4.78, 5) is 16.5. The highest BCUT2D eigenvalue weighted by Gasteiger charge is 2.08. The third-order valence-corrected chi connectivity index (χ3v) is 4.25. The maximum atomic E-state index is 12.1. The lowest BCUT2D eigenvalue weighted by atomic mass is 10.2. The molecule has 0 atom stereocenters. The molecule has 4 nitrogen and oxygen atoms in total. The number of rotatable bonds is 4. The first kappa shape index (κ1) is 16.3. The summed E-state index contributed by atoms with van der Waals surface area (Å²) in [7, 11) is 0. The van der Waals surface area contributed by atoms with E-state index in [0.29, 0.717) is 34.2 Å². The SMILES string of the molecule is O=C(NCCc1cn2cc(Cl)cc(Cl)c2n1)c1cccc(Br)c1. The van der Waals surface area contributed by atoms with Crippen LogP contribution in [0.15, 0.2) is 47.2 Å². The Balaban J connectivity index is 1.65. The summed E-state index contributed by atoms with van der Waals surface area (Å²) in [5.41, 5.74) is 2.11. The summed E-state index contributed by atoms with van der Waals surface area (Å²) in [6.07, 6.45) is 4.22. The predicted octanol–water partition coefficient (Wildman–Crippen LogP) is 4.38. The smallest absolute Gasteiger partial charge is 0.251 e. The number of hydrogen-bond donors (Lipinski definition) is 1. The molecule has 0 bridgehead atoms. The molecule has 3 aromatic rings. The Morgan fingerprint density at radius 2 is 2.09 bits per heavy atom. The highest BCUT2D eigenvalue weighted by Crippen LogP contribution is 2.21. The zero-order valence-corrected chi connectivity index (χ0v) is 15.0. The van der Waals surface area contributed by atoms with Gasteiger partial charge in [0, 0.05) is 35.4 Å². The maximum absolute atomic E-state index is 12.1. The normalized spacial score (nSPS) is 10.9. The van der Waals surface area contributed by atoms with Crippen molar-refractivity contribution in [1.82, 2.24) is 14.7 Å². The van der Waals surface area contributed by atoms with E-state index in [1.807, 2.05) is 18.3 Å². The van der Waals surface area contributed by atoms with Crippen molar-refractivity contribution in [3.05, 3.63) is 68.5 Å². The van der Waals surface area contributed by atoms with Crippen molar-refractivity contribution >= 4 is 50.7 Å². The number of nitrogens with zero attached hydrogens (tertiary/aromatic N) is 2. The molecule has 0 unspecified atom stereocenters. The van der Waals surface area contributed by atoms with Crippen LogP contribution in [0, 0.1) is 0 Å². The molecule has 1 amide bonds. The zero-order chi connectivity index (χ0) is 16.4. The van der Waals surface area contributed by atoms with Gasteiger partial charge in [0.2, 0.25) is 0 Å². The number of amides is 1. The van der Waals surface area contributed by atoms with E-state index in [0.717, 1.165) is 10.2 Å². The number of carbonyl (C=O) groups excluding carboxylic acids is 1. The molecule has 0 saturated heterocycles. The van der Waals surface area contributed by atoms with Crippen LogP contribution >= 0.6 is 39.1 Å². The summed E-state index contributed by atoms with van der Waals surface area (Å²) in [5.74, 6) is -0.115. The monoisotopic (exact) mass is 411 g/mol. The van der Waals surface area contributed by atoms with Crippen LogP contribution in [0.2, 0.25) is 10.0 Å². The average Bonchev–Trinajstić information content (AvgIpc) is 2.90. The van der Waals surface area contributed by atoms with Gasteiger partial charge in [-0.25, -0.2) is 4.98 Å². The van der Waals surface area contributed by atoms with E-state index in [1.54, 1.807) is 28.8 Å². The summed E-state index contributed by atoms with van der Waals surface area (Å²) in [6.45, 7) is 0.487. The minimum absolute atomic E-state index is 0.115. The number of carbonyl (C=O) groups is 1. The molecule has 0 spiro atoms. The molecule has 1 aromatic carbocycles. The second kappa shape index (κ2) is 6.91. The van der Waals surface area contributed by atoms with Gasteiger partial charge in [0.05, 0.1) is 15.7 Å². The van der Waals surface area contributed by atoms with Gasteiger partial charge < -0.3 is 9.72 Å².